The summed E-state index contributed by atoms with van der Waals surface area (Å²) < 4.78 is 27.8. The van der Waals surface area contributed by atoms with E-state index in [1.807, 2.05) is 19.9 Å². The number of carbonyl (C=O) groups excluding carboxylic acids is 2. The predicted octanol–water partition coefficient (Wildman–Crippen LogP) is 1.68. The van der Waals surface area contributed by atoms with E-state index in [9.17, 15) is 18.0 Å². The number of hydrogen-bond acceptors (Lipinski definition) is 6. The molecule has 1 aliphatic heterocycles. The predicted molar refractivity (Wildman–Crippen MR) is 124 cm³/mol. The second-order valence-electron chi connectivity index (χ2n) is 8.33. The lowest BCUT2D eigenvalue weighted by Crippen LogP contribution is -2.54. The average Bonchev–Trinajstić information content (AvgIpc) is 3.36. The summed E-state index contributed by atoms with van der Waals surface area (Å²) in [4.78, 5) is 24.2. The standard InChI is InChI=1S/C23H25N5O4S/c1-14-7-9-16(10-8-14)33(31,32)27-12-11-18-17(5-4-6-19(18)27)15(2)28-20(21(24)29)13-23(3,26-28)22(25)30/h4-13,15,26H,1-3H3,(H2,24,29)(H2,25,30). The Morgan fingerprint density at radius 1 is 1.06 bits per heavy atom. The van der Waals surface area contributed by atoms with Gasteiger partial charge in [-0.3, -0.25) is 14.6 Å². The van der Waals surface area contributed by atoms with E-state index in [0.717, 1.165) is 11.1 Å². The highest BCUT2D eigenvalue weighted by atomic mass is 32.2. The van der Waals surface area contributed by atoms with Crippen LogP contribution in [0.5, 0.6) is 0 Å². The summed E-state index contributed by atoms with van der Waals surface area (Å²) in [6, 6.07) is 13.2. The van der Waals surface area contributed by atoms with E-state index in [-0.39, 0.29) is 10.6 Å². The number of aryl methyl sites for hydroxylation is 1. The van der Waals surface area contributed by atoms with Gasteiger partial charge in [0.15, 0.2) is 0 Å². The molecule has 0 saturated carbocycles. The SMILES string of the molecule is Cc1ccc(S(=O)(=O)n2ccc3c(C(C)N4NC(C)(C(N)=O)C=C4C(N)=O)cccc32)cc1. The number of nitrogens with two attached hydrogens (primary N) is 2. The van der Waals surface area contributed by atoms with E-state index in [0.29, 0.717) is 10.9 Å². The lowest BCUT2D eigenvalue weighted by molar-refractivity contribution is -0.123. The first-order valence-corrected chi connectivity index (χ1v) is 11.7. The van der Waals surface area contributed by atoms with Crippen LogP contribution in [0, 0.1) is 6.92 Å². The van der Waals surface area contributed by atoms with Gasteiger partial charge in [0.25, 0.3) is 15.9 Å². The van der Waals surface area contributed by atoms with Crippen LogP contribution in [0.4, 0.5) is 0 Å². The molecule has 2 heterocycles. The van der Waals surface area contributed by atoms with E-state index >= 15 is 0 Å². The Morgan fingerprint density at radius 3 is 2.33 bits per heavy atom. The van der Waals surface area contributed by atoms with Crippen LogP contribution in [0.2, 0.25) is 0 Å². The zero-order chi connectivity index (χ0) is 24.1. The summed E-state index contributed by atoms with van der Waals surface area (Å²) in [5.41, 5.74) is 15.0. The molecule has 9 nitrogen and oxygen atoms in total. The van der Waals surface area contributed by atoms with E-state index in [1.165, 1.54) is 21.3 Å². The van der Waals surface area contributed by atoms with Crippen LogP contribution in [0.1, 0.15) is 31.0 Å². The summed E-state index contributed by atoms with van der Waals surface area (Å²) in [7, 11) is -3.81. The molecule has 172 valence electrons. The molecule has 0 bridgehead atoms. The van der Waals surface area contributed by atoms with Gasteiger partial charge in [-0.15, -0.1) is 0 Å². The smallest absolute Gasteiger partial charge is 0.268 e. The van der Waals surface area contributed by atoms with Crippen molar-refractivity contribution in [3.05, 3.63) is 77.6 Å². The molecule has 33 heavy (non-hydrogen) atoms. The van der Waals surface area contributed by atoms with Gasteiger partial charge in [0.05, 0.1) is 16.5 Å². The zero-order valence-corrected chi connectivity index (χ0v) is 19.3. The molecule has 0 saturated heterocycles. The maximum Gasteiger partial charge on any atom is 0.268 e. The van der Waals surface area contributed by atoms with Crippen LogP contribution in [0.15, 0.2) is 71.4 Å². The summed E-state index contributed by atoms with van der Waals surface area (Å²) in [6.45, 7) is 5.26. The number of aromatic nitrogens is 1. The fraction of sp³-hybridized carbons (Fsp3) is 0.217. The molecule has 4 rings (SSSR count). The number of carbonyl (C=O) groups is 2. The first-order valence-electron chi connectivity index (χ1n) is 10.3. The first-order chi connectivity index (χ1) is 15.5. The number of nitrogens with zero attached hydrogens (tertiary/aromatic N) is 2. The van der Waals surface area contributed by atoms with Crippen LogP contribution in [0.3, 0.4) is 0 Å². The van der Waals surface area contributed by atoms with Gasteiger partial charge in [-0.1, -0.05) is 29.8 Å². The fourth-order valence-corrected chi connectivity index (χ4v) is 5.36. The Bertz CT molecular complexity index is 1410. The maximum absolute atomic E-state index is 13.3. The highest BCUT2D eigenvalue weighted by molar-refractivity contribution is 7.90. The van der Waals surface area contributed by atoms with Gasteiger partial charge < -0.3 is 11.5 Å². The Labute approximate surface area is 191 Å². The van der Waals surface area contributed by atoms with Crippen LogP contribution in [-0.4, -0.2) is 34.8 Å². The fourth-order valence-electron chi connectivity index (χ4n) is 4.01. The molecule has 3 aromatic rings. The third-order valence-corrected chi connectivity index (χ3v) is 7.65. The van der Waals surface area contributed by atoms with Crippen LogP contribution < -0.4 is 16.9 Å². The molecule has 0 fully saturated rings. The van der Waals surface area contributed by atoms with E-state index < -0.39 is 33.4 Å². The quantitative estimate of drug-likeness (QED) is 0.504. The van der Waals surface area contributed by atoms with Crippen LogP contribution in [-0.2, 0) is 19.6 Å². The van der Waals surface area contributed by atoms with Crippen molar-refractivity contribution in [1.29, 1.82) is 0 Å². The third kappa shape index (κ3) is 3.66. The number of hydrazine groups is 1. The number of hydrogen-bond donors (Lipinski definition) is 3. The van der Waals surface area contributed by atoms with Gasteiger partial charge in [0, 0.05) is 11.6 Å². The second-order valence-corrected chi connectivity index (χ2v) is 10.1. The lowest BCUT2D eigenvalue weighted by atomic mass is 10.0. The molecule has 1 aliphatic rings. The third-order valence-electron chi connectivity index (χ3n) is 5.95. The molecule has 0 aliphatic carbocycles. The van der Waals surface area contributed by atoms with Crippen molar-refractivity contribution in [2.45, 2.75) is 37.2 Å². The van der Waals surface area contributed by atoms with Crippen molar-refractivity contribution in [3.63, 3.8) is 0 Å². The molecule has 2 aromatic carbocycles. The average molecular weight is 468 g/mol. The molecule has 5 N–H and O–H groups in total. The normalized spacial score (nSPS) is 19.5. The van der Waals surface area contributed by atoms with Crippen molar-refractivity contribution < 1.29 is 18.0 Å². The number of amides is 2. The summed E-state index contributed by atoms with van der Waals surface area (Å²) in [5.74, 6) is -1.38. The monoisotopic (exact) mass is 467 g/mol. The van der Waals surface area contributed by atoms with Crippen molar-refractivity contribution in [2.75, 3.05) is 0 Å². The van der Waals surface area contributed by atoms with E-state index in [4.69, 9.17) is 11.5 Å². The maximum atomic E-state index is 13.3. The first kappa shape index (κ1) is 22.6. The number of benzene rings is 2. The Morgan fingerprint density at radius 2 is 1.73 bits per heavy atom. The van der Waals surface area contributed by atoms with E-state index in [1.54, 1.807) is 49.4 Å². The molecule has 0 spiro atoms. The Kier molecular flexibility index (Phi) is 5.30. The summed E-state index contributed by atoms with van der Waals surface area (Å²) in [5, 5.41) is 2.17. The largest absolute Gasteiger partial charge is 0.368 e. The zero-order valence-electron chi connectivity index (χ0n) is 18.4. The summed E-state index contributed by atoms with van der Waals surface area (Å²) >= 11 is 0. The number of rotatable bonds is 6. The lowest BCUT2D eigenvalue weighted by Gasteiger charge is -2.32. The summed E-state index contributed by atoms with van der Waals surface area (Å²) in [6.07, 6.45) is 2.91. The molecule has 2 amide bonds. The number of fused-ring (bicyclic) bond motifs is 1. The van der Waals surface area contributed by atoms with Gasteiger partial charge in [-0.05, 0) is 56.7 Å². The second kappa shape index (κ2) is 7.75. The molecule has 2 unspecified atom stereocenters. The van der Waals surface area contributed by atoms with Crippen LogP contribution >= 0.6 is 0 Å². The van der Waals surface area contributed by atoms with E-state index in [2.05, 4.69) is 5.43 Å². The highest BCUT2D eigenvalue weighted by Gasteiger charge is 2.42. The van der Waals surface area contributed by atoms with Crippen molar-refractivity contribution >= 4 is 32.7 Å². The topological polar surface area (TPSA) is 141 Å². The molecular formula is C23H25N5O4S. The van der Waals surface area contributed by atoms with Crippen molar-refractivity contribution in [3.8, 4) is 0 Å². The molecule has 1 aromatic heterocycles. The molecule has 2 atom stereocenters. The van der Waals surface area contributed by atoms with Gasteiger partial charge in [-0.25, -0.2) is 17.8 Å². The number of nitrogens with one attached hydrogen (secondary N) is 1. The number of primary amides is 2. The Balaban J connectivity index is 1.79. The highest BCUT2D eigenvalue weighted by Crippen LogP contribution is 2.34. The molecule has 10 heteroatoms. The van der Waals surface area contributed by atoms with Gasteiger partial charge >= 0.3 is 0 Å². The minimum atomic E-state index is -3.81. The molecule has 0 radical (unpaired) electrons. The minimum absolute atomic E-state index is 0.104. The van der Waals surface area contributed by atoms with Crippen LogP contribution in [0.25, 0.3) is 10.9 Å². The van der Waals surface area contributed by atoms with Crippen molar-refractivity contribution in [2.24, 2.45) is 11.5 Å². The minimum Gasteiger partial charge on any atom is -0.368 e. The van der Waals surface area contributed by atoms with Gasteiger partial charge in [0.1, 0.15) is 11.2 Å². The van der Waals surface area contributed by atoms with Gasteiger partial charge in [0.2, 0.25) is 5.91 Å². The van der Waals surface area contributed by atoms with Gasteiger partial charge in [-0.2, -0.15) is 0 Å². The van der Waals surface area contributed by atoms with Crippen molar-refractivity contribution in [1.82, 2.24) is 14.4 Å². The molecular weight excluding hydrogens is 442 g/mol. The Hall–Kier alpha value is -3.63.